The second-order valence-corrected chi connectivity index (χ2v) is 12.5. The van der Waals surface area contributed by atoms with Gasteiger partial charge in [-0.2, -0.15) is 39.5 Å². The van der Waals surface area contributed by atoms with Gasteiger partial charge in [0.05, 0.1) is 35.9 Å². The van der Waals surface area contributed by atoms with Gasteiger partial charge in [-0.05, 0) is 90.9 Å². The van der Waals surface area contributed by atoms with Gasteiger partial charge in [0.15, 0.2) is 0 Å². The zero-order chi connectivity index (χ0) is 35.6. The van der Waals surface area contributed by atoms with Crippen molar-refractivity contribution in [2.45, 2.75) is 81.3 Å². The summed E-state index contributed by atoms with van der Waals surface area (Å²) >= 11 is 0. The number of ether oxygens (including phenoxy) is 2. The summed E-state index contributed by atoms with van der Waals surface area (Å²) in [5, 5.41) is 2.89. The molecule has 0 aliphatic carbocycles. The van der Waals surface area contributed by atoms with Gasteiger partial charge in [-0.1, -0.05) is 12.1 Å². The van der Waals surface area contributed by atoms with E-state index in [0.717, 1.165) is 22.6 Å². The first kappa shape index (κ1) is 34.4. The molecule has 0 radical (unpaired) electrons. The maximum Gasteiger partial charge on any atom is 0.416 e. The molecule has 49 heavy (non-hydrogen) atoms. The SMILES string of the molecule is COc1ccc(C2CCC(=O)NC2C)cc1-c1ccc(C(F)(F)F)cc1C1CC[C@H]2[C@@H](c3cc(C(F)(F)F)cc(C(F)(F)F)c3)OC(=O)N12. The molecule has 6 rings (SSSR count). The zero-order valence-electron chi connectivity index (χ0n) is 25.9. The lowest BCUT2D eigenvalue weighted by atomic mass is 9.83. The molecule has 5 atom stereocenters. The molecule has 3 saturated heterocycles. The number of methoxy groups -OCH3 is 1. The molecule has 262 valence electrons. The van der Waals surface area contributed by atoms with Crippen LogP contribution in [0.25, 0.3) is 11.1 Å². The van der Waals surface area contributed by atoms with Crippen molar-refractivity contribution in [3.63, 3.8) is 0 Å². The van der Waals surface area contributed by atoms with Crippen molar-refractivity contribution < 1.29 is 58.6 Å². The summed E-state index contributed by atoms with van der Waals surface area (Å²) in [4.78, 5) is 26.4. The third kappa shape index (κ3) is 6.51. The summed E-state index contributed by atoms with van der Waals surface area (Å²) in [6, 6.07) is 6.79. The maximum absolute atomic E-state index is 14.1. The minimum absolute atomic E-state index is 0.0187. The van der Waals surface area contributed by atoms with Crippen LogP contribution in [0.1, 0.15) is 84.1 Å². The quantitative estimate of drug-likeness (QED) is 0.270. The van der Waals surface area contributed by atoms with Gasteiger partial charge >= 0.3 is 24.6 Å². The van der Waals surface area contributed by atoms with Crippen LogP contribution in [0, 0.1) is 0 Å². The molecule has 6 nitrogen and oxygen atoms in total. The number of hydrogen-bond acceptors (Lipinski definition) is 4. The number of alkyl halides is 9. The van der Waals surface area contributed by atoms with E-state index >= 15 is 0 Å². The van der Waals surface area contributed by atoms with Gasteiger partial charge in [-0.3, -0.25) is 9.69 Å². The van der Waals surface area contributed by atoms with Crippen molar-refractivity contribution in [1.82, 2.24) is 10.2 Å². The van der Waals surface area contributed by atoms with E-state index in [2.05, 4.69) is 5.32 Å². The van der Waals surface area contributed by atoms with Gasteiger partial charge in [0.1, 0.15) is 11.9 Å². The van der Waals surface area contributed by atoms with Gasteiger partial charge in [0, 0.05) is 23.9 Å². The molecule has 3 aromatic carbocycles. The molecule has 0 saturated carbocycles. The van der Waals surface area contributed by atoms with Crippen LogP contribution in [0.2, 0.25) is 0 Å². The fourth-order valence-electron chi connectivity index (χ4n) is 7.23. The largest absolute Gasteiger partial charge is 0.496 e. The van der Waals surface area contributed by atoms with Crippen molar-refractivity contribution >= 4 is 12.0 Å². The van der Waals surface area contributed by atoms with Crippen LogP contribution in [0.4, 0.5) is 44.3 Å². The first-order valence-electron chi connectivity index (χ1n) is 15.3. The standard InChI is InChI=1S/C34H29F9N2O4/c1-16-22(6-10-29(46)44-16)17-3-9-28(48-2)25(13-17)23-5-4-19(32(35,36)37)15-24(23)26-7-8-27-30(49-31(47)45(26)27)18-11-20(33(38,39)40)14-21(12-18)34(41,42)43/h3-5,9,11-16,22,26-27,30H,6-8,10H2,1-2H3,(H,44,46)/t16?,22?,26?,27-,30+/m0/s1. The second kappa shape index (κ2) is 12.2. The van der Waals surface area contributed by atoms with Crippen molar-refractivity contribution in [1.29, 1.82) is 0 Å². The molecule has 1 N–H and O–H groups in total. The Hall–Kier alpha value is -4.43. The number of nitrogens with one attached hydrogen (secondary N) is 1. The van der Waals surface area contributed by atoms with Crippen LogP contribution in [-0.2, 0) is 28.1 Å². The van der Waals surface area contributed by atoms with Crippen molar-refractivity contribution in [2.24, 2.45) is 0 Å². The summed E-state index contributed by atoms with van der Waals surface area (Å²) in [5.41, 5.74) is -3.21. The average Bonchev–Trinajstić information content (AvgIpc) is 3.60. The van der Waals surface area contributed by atoms with E-state index in [9.17, 15) is 49.1 Å². The molecule has 3 heterocycles. The molecule has 15 heteroatoms. The maximum atomic E-state index is 14.1. The molecule has 0 spiro atoms. The van der Waals surface area contributed by atoms with Gasteiger partial charge < -0.3 is 14.8 Å². The van der Waals surface area contributed by atoms with Crippen LogP contribution < -0.4 is 10.1 Å². The lowest BCUT2D eigenvalue weighted by Crippen LogP contribution is -2.41. The fourth-order valence-corrected chi connectivity index (χ4v) is 7.23. The monoisotopic (exact) mass is 700 g/mol. The summed E-state index contributed by atoms with van der Waals surface area (Å²) < 4.78 is 135. The Labute approximate surface area is 274 Å². The molecule has 3 aliphatic rings. The molecule has 2 amide bonds. The molecule has 3 fully saturated rings. The third-order valence-electron chi connectivity index (χ3n) is 9.51. The highest BCUT2D eigenvalue weighted by Gasteiger charge is 2.52. The Morgan fingerprint density at radius 2 is 1.41 bits per heavy atom. The van der Waals surface area contributed by atoms with E-state index in [1.165, 1.54) is 13.2 Å². The van der Waals surface area contributed by atoms with Crippen LogP contribution in [0.15, 0.2) is 54.6 Å². The van der Waals surface area contributed by atoms with Crippen LogP contribution >= 0.6 is 0 Å². The number of amides is 2. The number of halogens is 9. The second-order valence-electron chi connectivity index (χ2n) is 12.5. The first-order chi connectivity index (χ1) is 22.9. The number of fused-ring (bicyclic) bond motifs is 1. The average molecular weight is 701 g/mol. The number of carbonyl (C=O) groups excluding carboxylic acids is 2. The highest BCUT2D eigenvalue weighted by atomic mass is 19.4. The molecule has 3 aliphatic heterocycles. The van der Waals surface area contributed by atoms with E-state index in [0.29, 0.717) is 29.9 Å². The summed E-state index contributed by atoms with van der Waals surface area (Å²) in [6.45, 7) is 1.84. The lowest BCUT2D eigenvalue weighted by Gasteiger charge is -2.31. The van der Waals surface area contributed by atoms with Crippen molar-refractivity contribution in [3.8, 4) is 16.9 Å². The number of benzene rings is 3. The minimum Gasteiger partial charge on any atom is -0.496 e. The molecule has 3 unspecified atom stereocenters. The number of rotatable bonds is 5. The van der Waals surface area contributed by atoms with Gasteiger partial charge in [0.2, 0.25) is 5.91 Å². The number of hydrogen-bond donors (Lipinski definition) is 1. The van der Waals surface area contributed by atoms with Crippen LogP contribution in [0.3, 0.4) is 0 Å². The van der Waals surface area contributed by atoms with Crippen LogP contribution in [0.5, 0.6) is 5.75 Å². The molecule has 0 aromatic heterocycles. The summed E-state index contributed by atoms with van der Waals surface area (Å²) in [7, 11) is 1.38. The van der Waals surface area contributed by atoms with E-state index < -0.39 is 65.1 Å². The van der Waals surface area contributed by atoms with Gasteiger partial charge in [-0.25, -0.2) is 4.79 Å². The Kier molecular flexibility index (Phi) is 8.55. The molecule has 3 aromatic rings. The normalized spacial score (nSPS) is 24.5. The highest BCUT2D eigenvalue weighted by Crippen LogP contribution is 2.52. The first-order valence-corrected chi connectivity index (χ1v) is 15.3. The molecular formula is C34H29F9N2O4. The summed E-state index contributed by atoms with van der Waals surface area (Å²) in [5.74, 6) is 0.0747. The highest BCUT2D eigenvalue weighted by molar-refractivity contribution is 5.79. The lowest BCUT2D eigenvalue weighted by molar-refractivity contribution is -0.143. The Bertz CT molecular complexity index is 1750. The fraction of sp³-hybridized carbons (Fsp3) is 0.412. The zero-order valence-corrected chi connectivity index (χ0v) is 25.9. The molecular weight excluding hydrogens is 671 g/mol. The number of carbonyl (C=O) groups is 2. The predicted molar refractivity (Wildman–Crippen MR) is 156 cm³/mol. The third-order valence-corrected chi connectivity index (χ3v) is 9.51. The van der Waals surface area contributed by atoms with Gasteiger partial charge in [-0.15, -0.1) is 0 Å². The predicted octanol–water partition coefficient (Wildman–Crippen LogP) is 9.20. The minimum atomic E-state index is -5.14. The smallest absolute Gasteiger partial charge is 0.416 e. The Morgan fingerprint density at radius 1 is 0.755 bits per heavy atom. The van der Waals surface area contributed by atoms with Gasteiger partial charge in [0.25, 0.3) is 0 Å². The van der Waals surface area contributed by atoms with E-state index in [4.69, 9.17) is 9.47 Å². The summed E-state index contributed by atoms with van der Waals surface area (Å²) in [6.07, 6.45) is -16.8. The number of nitrogens with zero attached hydrogens (tertiary/aromatic N) is 1. The van der Waals surface area contributed by atoms with E-state index in [1.54, 1.807) is 18.2 Å². The topological polar surface area (TPSA) is 67.9 Å². The Balaban J connectivity index is 1.44. The number of piperidine rings is 1. The van der Waals surface area contributed by atoms with Crippen molar-refractivity contribution in [3.05, 3.63) is 88.0 Å². The van der Waals surface area contributed by atoms with E-state index in [1.807, 2.05) is 6.92 Å². The Morgan fingerprint density at radius 3 is 2.00 bits per heavy atom. The number of cyclic esters (lactones) is 1. The molecule has 0 bridgehead atoms. The van der Waals surface area contributed by atoms with E-state index in [-0.39, 0.29) is 54.3 Å². The van der Waals surface area contributed by atoms with Crippen LogP contribution in [-0.4, -0.2) is 36.1 Å². The van der Waals surface area contributed by atoms with Crippen molar-refractivity contribution in [2.75, 3.05) is 7.11 Å².